The number of hydrogen-bond acceptors (Lipinski definition) is 8. The van der Waals surface area contributed by atoms with Crippen LogP contribution in [0.4, 0.5) is 0 Å². The molecule has 3 aromatic rings. The fourth-order valence-corrected chi connectivity index (χ4v) is 5.69. The molecule has 0 amide bonds. The van der Waals surface area contributed by atoms with Gasteiger partial charge in [-0.15, -0.1) is 0 Å². The predicted molar refractivity (Wildman–Crippen MR) is 149 cm³/mol. The van der Waals surface area contributed by atoms with Crippen LogP contribution in [0.3, 0.4) is 0 Å². The molecule has 3 heterocycles. The predicted octanol–water partition coefficient (Wildman–Crippen LogP) is 5.82. The summed E-state index contributed by atoms with van der Waals surface area (Å²) in [4.78, 5) is 38.4. The summed E-state index contributed by atoms with van der Waals surface area (Å²) >= 11 is 0. The molecule has 2 aromatic carbocycles. The highest BCUT2D eigenvalue weighted by Crippen LogP contribution is 2.49. The fraction of sp³-hybridized carbons (Fsp3) is 0.242. The monoisotopic (exact) mass is 552 g/mol. The molecule has 8 heteroatoms. The van der Waals surface area contributed by atoms with Gasteiger partial charge in [0.25, 0.3) is 0 Å². The maximum atomic E-state index is 13.9. The minimum atomic E-state index is -0.748. The number of ether oxygens (including phenoxy) is 4. The Balaban J connectivity index is 1.37. The van der Waals surface area contributed by atoms with Gasteiger partial charge in [0, 0.05) is 29.6 Å². The zero-order chi connectivity index (χ0) is 28.7. The first-order chi connectivity index (χ1) is 19.9. The summed E-state index contributed by atoms with van der Waals surface area (Å²) in [6.07, 6.45) is 4.85. The molecule has 1 saturated heterocycles. The SMILES string of the molecule is CCOC(=O)C1=C(C)C=C2O/C(=C\c3ccc(-c4cc(C=O)ccc4OC)o3)C(=O)C2C1c1ccc2c(c1)OCC2. The summed E-state index contributed by atoms with van der Waals surface area (Å²) in [6.45, 7) is 4.39. The van der Waals surface area contributed by atoms with Crippen molar-refractivity contribution >= 4 is 24.1 Å². The summed E-state index contributed by atoms with van der Waals surface area (Å²) in [5.74, 6) is 0.654. The summed E-state index contributed by atoms with van der Waals surface area (Å²) in [5.41, 5.74) is 4.07. The molecule has 208 valence electrons. The van der Waals surface area contributed by atoms with Gasteiger partial charge in [0.2, 0.25) is 5.78 Å². The van der Waals surface area contributed by atoms with Crippen molar-refractivity contribution < 1.29 is 37.7 Å². The van der Waals surface area contributed by atoms with Crippen LogP contribution in [-0.4, -0.2) is 38.4 Å². The van der Waals surface area contributed by atoms with E-state index in [1.807, 2.05) is 25.1 Å². The van der Waals surface area contributed by atoms with Crippen molar-refractivity contribution in [2.24, 2.45) is 5.92 Å². The van der Waals surface area contributed by atoms with Crippen molar-refractivity contribution in [3.05, 3.63) is 99.7 Å². The lowest BCUT2D eigenvalue weighted by Crippen LogP contribution is -2.28. The number of methoxy groups -OCH3 is 1. The normalized spacial score (nSPS) is 20.2. The molecule has 1 aromatic heterocycles. The number of aldehydes is 1. The summed E-state index contributed by atoms with van der Waals surface area (Å²) in [5, 5.41) is 0. The lowest BCUT2D eigenvalue weighted by atomic mass is 9.73. The molecule has 2 atom stereocenters. The van der Waals surface area contributed by atoms with Gasteiger partial charge in [-0.1, -0.05) is 12.1 Å². The number of allylic oxidation sites excluding steroid dienone is 4. The number of carbonyl (C=O) groups excluding carboxylic acids is 3. The Morgan fingerprint density at radius 3 is 2.73 bits per heavy atom. The van der Waals surface area contributed by atoms with Gasteiger partial charge in [-0.3, -0.25) is 9.59 Å². The number of fused-ring (bicyclic) bond motifs is 2. The van der Waals surface area contributed by atoms with Gasteiger partial charge in [-0.05, 0) is 73.0 Å². The first-order valence-corrected chi connectivity index (χ1v) is 13.4. The third kappa shape index (κ3) is 4.65. The van der Waals surface area contributed by atoms with E-state index >= 15 is 0 Å². The first-order valence-electron chi connectivity index (χ1n) is 13.4. The van der Waals surface area contributed by atoms with E-state index in [1.165, 1.54) is 7.11 Å². The van der Waals surface area contributed by atoms with Crippen molar-refractivity contribution in [1.82, 2.24) is 0 Å². The van der Waals surface area contributed by atoms with Crippen molar-refractivity contribution in [3.8, 4) is 22.8 Å². The fourth-order valence-electron chi connectivity index (χ4n) is 5.69. The Morgan fingerprint density at radius 1 is 1.10 bits per heavy atom. The van der Waals surface area contributed by atoms with E-state index in [4.69, 9.17) is 23.4 Å². The van der Waals surface area contributed by atoms with Crippen LogP contribution in [0.5, 0.6) is 11.5 Å². The van der Waals surface area contributed by atoms with Crippen LogP contribution in [0.1, 0.15) is 47.0 Å². The molecule has 3 aliphatic rings. The highest BCUT2D eigenvalue weighted by Gasteiger charge is 2.48. The van der Waals surface area contributed by atoms with E-state index < -0.39 is 17.8 Å². The molecule has 0 spiro atoms. The lowest BCUT2D eigenvalue weighted by Gasteiger charge is -2.29. The molecule has 2 unspecified atom stereocenters. The average Bonchev–Trinajstić information content (AvgIpc) is 3.71. The quantitative estimate of drug-likeness (QED) is 0.205. The average molecular weight is 553 g/mol. The Labute approximate surface area is 236 Å². The third-order valence-electron chi connectivity index (χ3n) is 7.59. The van der Waals surface area contributed by atoms with Gasteiger partial charge in [0.1, 0.15) is 35.1 Å². The number of benzene rings is 2. The second-order valence-electron chi connectivity index (χ2n) is 10.0. The van der Waals surface area contributed by atoms with Crippen LogP contribution < -0.4 is 9.47 Å². The Hall–Kier alpha value is -4.85. The lowest BCUT2D eigenvalue weighted by molar-refractivity contribution is -0.139. The van der Waals surface area contributed by atoms with Crippen LogP contribution in [0.25, 0.3) is 17.4 Å². The van der Waals surface area contributed by atoms with Gasteiger partial charge in [-0.2, -0.15) is 0 Å². The largest absolute Gasteiger partial charge is 0.496 e. The highest BCUT2D eigenvalue weighted by molar-refractivity contribution is 6.06. The molecule has 0 radical (unpaired) electrons. The maximum absolute atomic E-state index is 13.9. The second-order valence-corrected chi connectivity index (χ2v) is 10.0. The molecule has 1 aliphatic carbocycles. The van der Waals surface area contributed by atoms with E-state index in [0.29, 0.717) is 51.9 Å². The first kappa shape index (κ1) is 26.4. The van der Waals surface area contributed by atoms with Crippen LogP contribution >= 0.6 is 0 Å². The number of Topliss-reactive ketones (excluding diaryl/α,β-unsaturated/α-hetero) is 1. The second kappa shape index (κ2) is 10.6. The van der Waals surface area contributed by atoms with E-state index in [-0.39, 0.29) is 18.1 Å². The minimum Gasteiger partial charge on any atom is -0.496 e. The topological polar surface area (TPSA) is 101 Å². The summed E-state index contributed by atoms with van der Waals surface area (Å²) in [7, 11) is 1.54. The highest BCUT2D eigenvalue weighted by atomic mass is 16.5. The van der Waals surface area contributed by atoms with Gasteiger partial charge >= 0.3 is 5.97 Å². The van der Waals surface area contributed by atoms with Gasteiger partial charge < -0.3 is 23.4 Å². The Kier molecular flexibility index (Phi) is 6.83. The molecule has 1 fully saturated rings. The molecule has 0 bridgehead atoms. The van der Waals surface area contributed by atoms with E-state index in [1.54, 1.807) is 49.4 Å². The minimum absolute atomic E-state index is 0.107. The number of furan rings is 1. The van der Waals surface area contributed by atoms with Crippen LogP contribution in [-0.2, 0) is 25.5 Å². The molecular weight excluding hydrogens is 524 g/mol. The number of rotatable bonds is 7. The maximum Gasteiger partial charge on any atom is 0.334 e. The Morgan fingerprint density at radius 2 is 1.95 bits per heavy atom. The molecule has 2 aliphatic heterocycles. The number of esters is 1. The number of carbonyl (C=O) groups is 3. The zero-order valence-corrected chi connectivity index (χ0v) is 22.9. The van der Waals surface area contributed by atoms with E-state index in [2.05, 4.69) is 0 Å². The third-order valence-corrected chi connectivity index (χ3v) is 7.59. The molecule has 0 N–H and O–H groups in total. The van der Waals surface area contributed by atoms with Crippen molar-refractivity contribution in [2.75, 3.05) is 20.3 Å². The van der Waals surface area contributed by atoms with Crippen molar-refractivity contribution in [2.45, 2.75) is 26.2 Å². The van der Waals surface area contributed by atoms with Gasteiger partial charge in [0.05, 0.1) is 31.8 Å². The molecule has 6 rings (SSSR count). The van der Waals surface area contributed by atoms with Crippen LogP contribution in [0.2, 0.25) is 0 Å². The van der Waals surface area contributed by atoms with E-state index in [0.717, 1.165) is 29.6 Å². The zero-order valence-electron chi connectivity index (χ0n) is 22.9. The molecule has 41 heavy (non-hydrogen) atoms. The van der Waals surface area contributed by atoms with Crippen molar-refractivity contribution in [1.29, 1.82) is 0 Å². The van der Waals surface area contributed by atoms with Gasteiger partial charge in [0.15, 0.2) is 5.76 Å². The standard InChI is InChI=1S/C33H28O8/c1-4-38-33(36)29-18(2)13-27-31(30(29)21-7-6-20-11-12-39-26(20)15-21)32(35)28(41-27)16-22-8-10-25(40-22)23-14-19(17-34)5-9-24(23)37-3/h5-10,13-17,30-31H,4,11-12H2,1-3H3/b28-16-. The van der Waals surface area contributed by atoms with Crippen LogP contribution in [0, 0.1) is 5.92 Å². The Bertz CT molecular complexity index is 1670. The summed E-state index contributed by atoms with van der Waals surface area (Å²) < 4.78 is 28.8. The van der Waals surface area contributed by atoms with Crippen molar-refractivity contribution in [3.63, 3.8) is 0 Å². The van der Waals surface area contributed by atoms with Crippen LogP contribution in [0.15, 0.2) is 81.7 Å². The smallest absolute Gasteiger partial charge is 0.334 e. The number of ketones is 1. The van der Waals surface area contributed by atoms with E-state index in [9.17, 15) is 14.4 Å². The van der Waals surface area contributed by atoms with Gasteiger partial charge in [-0.25, -0.2) is 4.79 Å². The molecular formula is C33H28O8. The molecule has 0 saturated carbocycles. The summed E-state index contributed by atoms with van der Waals surface area (Å²) in [6, 6.07) is 14.3. The number of hydrogen-bond donors (Lipinski definition) is 0. The molecule has 8 nitrogen and oxygen atoms in total.